The molecular formula is C8H10O4. The molecule has 1 aliphatic carbocycles. The molecule has 1 saturated carbocycles. The molecule has 1 aliphatic rings. The van der Waals surface area contributed by atoms with Crippen molar-refractivity contribution in [2.24, 2.45) is 5.92 Å². The molecule has 0 amide bonds. The van der Waals surface area contributed by atoms with Crippen molar-refractivity contribution in [2.45, 2.75) is 25.7 Å². The minimum atomic E-state index is -1.63. The van der Waals surface area contributed by atoms with Crippen LogP contribution in [0.5, 0.6) is 0 Å². The van der Waals surface area contributed by atoms with Crippen molar-refractivity contribution in [1.29, 1.82) is 0 Å². The van der Waals surface area contributed by atoms with Gasteiger partial charge in [0.05, 0.1) is 0 Å². The minimum Gasteiger partial charge on any atom is -0.475 e. The number of ketones is 2. The lowest BCUT2D eigenvalue weighted by molar-refractivity contribution is -0.153. The van der Waals surface area contributed by atoms with Crippen LogP contribution < -0.4 is 0 Å². The SMILES string of the molecule is O=C(O)C(=O)C(=O)C1CCCC1. The van der Waals surface area contributed by atoms with Crippen LogP contribution in [0.3, 0.4) is 0 Å². The van der Waals surface area contributed by atoms with Crippen LogP contribution in [0.1, 0.15) is 25.7 Å². The van der Waals surface area contributed by atoms with Gasteiger partial charge in [-0.1, -0.05) is 12.8 Å². The van der Waals surface area contributed by atoms with Crippen LogP contribution in [0.2, 0.25) is 0 Å². The van der Waals surface area contributed by atoms with Gasteiger partial charge in [-0.05, 0) is 12.8 Å². The van der Waals surface area contributed by atoms with Crippen LogP contribution in [-0.4, -0.2) is 22.6 Å². The Labute approximate surface area is 69.6 Å². The smallest absolute Gasteiger partial charge is 0.380 e. The molecule has 0 spiro atoms. The molecule has 0 aromatic rings. The van der Waals surface area contributed by atoms with E-state index in [2.05, 4.69) is 0 Å². The van der Waals surface area contributed by atoms with Crippen LogP contribution in [0.25, 0.3) is 0 Å². The first-order valence-corrected chi connectivity index (χ1v) is 3.94. The van der Waals surface area contributed by atoms with E-state index in [-0.39, 0.29) is 5.92 Å². The van der Waals surface area contributed by atoms with E-state index >= 15 is 0 Å². The van der Waals surface area contributed by atoms with E-state index in [1.54, 1.807) is 0 Å². The lowest BCUT2D eigenvalue weighted by Crippen LogP contribution is -2.28. The number of hydrogen-bond donors (Lipinski definition) is 1. The molecule has 4 heteroatoms. The highest BCUT2D eigenvalue weighted by Crippen LogP contribution is 2.25. The van der Waals surface area contributed by atoms with E-state index in [1.165, 1.54) is 0 Å². The summed E-state index contributed by atoms with van der Waals surface area (Å²) in [7, 11) is 0. The van der Waals surface area contributed by atoms with Crippen LogP contribution in [0.15, 0.2) is 0 Å². The van der Waals surface area contributed by atoms with Crippen LogP contribution >= 0.6 is 0 Å². The topological polar surface area (TPSA) is 71.4 Å². The Kier molecular flexibility index (Phi) is 2.58. The van der Waals surface area contributed by atoms with E-state index in [1.807, 2.05) is 0 Å². The Balaban J connectivity index is 2.57. The Morgan fingerprint density at radius 1 is 1.08 bits per heavy atom. The number of carboxylic acid groups (broad SMARTS) is 1. The predicted molar refractivity (Wildman–Crippen MR) is 39.6 cm³/mol. The first-order chi connectivity index (χ1) is 5.63. The molecule has 0 aromatic heterocycles. The highest BCUT2D eigenvalue weighted by Gasteiger charge is 2.31. The van der Waals surface area contributed by atoms with Gasteiger partial charge in [0.2, 0.25) is 5.78 Å². The number of rotatable bonds is 3. The zero-order chi connectivity index (χ0) is 9.14. The van der Waals surface area contributed by atoms with Crippen molar-refractivity contribution in [3.05, 3.63) is 0 Å². The maximum absolute atomic E-state index is 11.1. The van der Waals surface area contributed by atoms with E-state index in [4.69, 9.17) is 5.11 Å². The van der Waals surface area contributed by atoms with Gasteiger partial charge in [-0.2, -0.15) is 0 Å². The van der Waals surface area contributed by atoms with Crippen LogP contribution in [-0.2, 0) is 14.4 Å². The normalized spacial score (nSPS) is 17.7. The highest BCUT2D eigenvalue weighted by molar-refractivity contribution is 6.62. The fraction of sp³-hybridized carbons (Fsp3) is 0.625. The molecule has 0 heterocycles. The van der Waals surface area contributed by atoms with Gasteiger partial charge in [-0.15, -0.1) is 0 Å². The first-order valence-electron chi connectivity index (χ1n) is 3.94. The molecule has 0 aliphatic heterocycles. The first kappa shape index (κ1) is 8.90. The number of carbonyl (C=O) groups excluding carboxylic acids is 2. The summed E-state index contributed by atoms with van der Waals surface area (Å²) in [5, 5.41) is 8.24. The summed E-state index contributed by atoms with van der Waals surface area (Å²) in [6.45, 7) is 0. The summed E-state index contributed by atoms with van der Waals surface area (Å²) >= 11 is 0. The second-order valence-corrected chi connectivity index (χ2v) is 2.98. The number of Topliss-reactive ketones (excluding diaryl/α,β-unsaturated/α-hetero) is 2. The monoisotopic (exact) mass is 170 g/mol. The zero-order valence-electron chi connectivity index (χ0n) is 6.58. The molecule has 0 unspecified atom stereocenters. The van der Waals surface area contributed by atoms with Crippen molar-refractivity contribution in [3.8, 4) is 0 Å². The maximum Gasteiger partial charge on any atom is 0.380 e. The molecular weight excluding hydrogens is 160 g/mol. The fourth-order valence-corrected chi connectivity index (χ4v) is 1.48. The van der Waals surface area contributed by atoms with Gasteiger partial charge in [-0.25, -0.2) is 4.79 Å². The highest BCUT2D eigenvalue weighted by atomic mass is 16.4. The summed E-state index contributed by atoms with van der Waals surface area (Å²) in [4.78, 5) is 31.9. The van der Waals surface area contributed by atoms with Crippen molar-refractivity contribution >= 4 is 17.5 Å². The Morgan fingerprint density at radius 2 is 1.58 bits per heavy atom. The molecule has 0 radical (unpaired) electrons. The van der Waals surface area contributed by atoms with Gasteiger partial charge >= 0.3 is 11.8 Å². The molecule has 12 heavy (non-hydrogen) atoms. The third-order valence-corrected chi connectivity index (χ3v) is 2.14. The lowest BCUT2D eigenvalue weighted by Gasteiger charge is -2.02. The van der Waals surface area contributed by atoms with Crippen LogP contribution in [0, 0.1) is 5.92 Å². The summed E-state index contributed by atoms with van der Waals surface area (Å²) < 4.78 is 0. The average molecular weight is 170 g/mol. The Morgan fingerprint density at radius 3 is 2.00 bits per heavy atom. The predicted octanol–water partition coefficient (Wildman–Crippen LogP) is 0.399. The second-order valence-electron chi connectivity index (χ2n) is 2.98. The van der Waals surface area contributed by atoms with E-state index in [0.29, 0.717) is 12.8 Å². The maximum atomic E-state index is 11.1. The third-order valence-electron chi connectivity index (χ3n) is 2.14. The van der Waals surface area contributed by atoms with Crippen molar-refractivity contribution in [2.75, 3.05) is 0 Å². The van der Waals surface area contributed by atoms with Crippen molar-refractivity contribution in [3.63, 3.8) is 0 Å². The quantitative estimate of drug-likeness (QED) is 0.491. The second kappa shape index (κ2) is 3.47. The van der Waals surface area contributed by atoms with E-state index in [9.17, 15) is 14.4 Å². The molecule has 0 atom stereocenters. The standard InChI is InChI=1S/C8H10O4/c9-6(7(10)8(11)12)5-3-1-2-4-5/h5H,1-4H2,(H,11,12). The van der Waals surface area contributed by atoms with Gasteiger partial charge in [0.1, 0.15) is 0 Å². The van der Waals surface area contributed by atoms with Gasteiger partial charge in [-0.3, -0.25) is 9.59 Å². The number of hydrogen-bond acceptors (Lipinski definition) is 3. The molecule has 0 aromatic carbocycles. The van der Waals surface area contributed by atoms with Crippen molar-refractivity contribution in [1.82, 2.24) is 0 Å². The third kappa shape index (κ3) is 1.69. The van der Waals surface area contributed by atoms with Gasteiger partial charge in [0, 0.05) is 5.92 Å². The zero-order valence-corrected chi connectivity index (χ0v) is 6.58. The summed E-state index contributed by atoms with van der Waals surface area (Å²) in [6.07, 6.45) is 3.17. The number of carboxylic acids is 1. The van der Waals surface area contributed by atoms with Gasteiger partial charge in [0.15, 0.2) is 0 Å². The molecule has 4 nitrogen and oxygen atoms in total. The van der Waals surface area contributed by atoms with E-state index < -0.39 is 17.5 Å². The molecule has 66 valence electrons. The lowest BCUT2D eigenvalue weighted by atomic mass is 9.99. The summed E-state index contributed by atoms with van der Waals surface area (Å²) in [5.74, 6) is -3.94. The van der Waals surface area contributed by atoms with Crippen LogP contribution in [0.4, 0.5) is 0 Å². The largest absolute Gasteiger partial charge is 0.475 e. The number of carbonyl (C=O) groups is 3. The Hall–Kier alpha value is -1.19. The molecule has 1 rings (SSSR count). The fourth-order valence-electron chi connectivity index (χ4n) is 1.48. The van der Waals surface area contributed by atoms with E-state index in [0.717, 1.165) is 12.8 Å². The summed E-state index contributed by atoms with van der Waals surface area (Å²) in [5.41, 5.74) is 0. The Bertz CT molecular complexity index is 225. The van der Waals surface area contributed by atoms with Gasteiger partial charge in [0.25, 0.3) is 0 Å². The van der Waals surface area contributed by atoms with Crippen molar-refractivity contribution < 1.29 is 19.5 Å². The molecule has 1 N–H and O–H groups in total. The molecule has 1 fully saturated rings. The summed E-state index contributed by atoms with van der Waals surface area (Å²) in [6, 6.07) is 0. The minimum absolute atomic E-state index is 0.325. The molecule has 0 bridgehead atoms. The van der Waals surface area contributed by atoms with Gasteiger partial charge < -0.3 is 5.11 Å². The molecule has 0 saturated heterocycles. The number of aliphatic carboxylic acids is 1. The average Bonchev–Trinajstić information content (AvgIpc) is 2.53.